The van der Waals surface area contributed by atoms with Gasteiger partial charge in [-0.05, 0) is 109 Å². The maximum atomic E-state index is 6.38. The van der Waals surface area contributed by atoms with E-state index in [1.807, 2.05) is 18.2 Å². The number of rotatable bonds is 5. The van der Waals surface area contributed by atoms with Crippen molar-refractivity contribution in [2.24, 2.45) is 0 Å². The van der Waals surface area contributed by atoms with Gasteiger partial charge in [-0.25, -0.2) is 15.0 Å². The second-order valence-electron chi connectivity index (χ2n) is 16.4. The molecule has 0 atom stereocenters. The van der Waals surface area contributed by atoms with Gasteiger partial charge in [0, 0.05) is 32.9 Å². The number of furan rings is 1. The summed E-state index contributed by atoms with van der Waals surface area (Å²) in [6.45, 7) is 4.65. The van der Waals surface area contributed by atoms with E-state index in [0.717, 1.165) is 60.5 Å². The number of aromatic nitrogens is 3. The Morgan fingerprint density at radius 3 is 1.75 bits per heavy atom. The van der Waals surface area contributed by atoms with Gasteiger partial charge in [-0.15, -0.1) is 0 Å². The molecule has 0 aliphatic heterocycles. The first-order valence-electron chi connectivity index (χ1n) is 20.5. The zero-order chi connectivity index (χ0) is 40.0. The molecular formula is C56H37N3O. The smallest absolute Gasteiger partial charge is 0.165 e. The molecule has 9 aromatic carbocycles. The van der Waals surface area contributed by atoms with Crippen LogP contribution in [-0.2, 0) is 5.41 Å². The molecule has 1 aliphatic carbocycles. The van der Waals surface area contributed by atoms with Gasteiger partial charge in [0.1, 0.15) is 11.2 Å². The van der Waals surface area contributed by atoms with E-state index in [9.17, 15) is 0 Å². The molecule has 282 valence electrons. The van der Waals surface area contributed by atoms with Crippen LogP contribution in [0.5, 0.6) is 0 Å². The van der Waals surface area contributed by atoms with Crippen LogP contribution in [0.1, 0.15) is 25.0 Å². The van der Waals surface area contributed by atoms with E-state index in [1.54, 1.807) is 0 Å². The molecule has 4 nitrogen and oxygen atoms in total. The van der Waals surface area contributed by atoms with E-state index in [4.69, 9.17) is 19.4 Å². The Hall–Kier alpha value is -7.69. The molecule has 0 unspecified atom stereocenters. The standard InChI is InChI=1S/C56H37N3O/c1-56(2)47-21-10-8-20-46(47)51-48(56)32-40-15-6-7-18-43(40)52(51)55-58-53(57-54(59-55)42-27-28-45-44-19-9-11-22-49(44)60-50(45)33-42)41-17-12-16-35(31-41)37-25-26-38-29-36(23-24-39(38)30-37)34-13-4-3-5-14-34/h3-33H,1-2H3. The molecular weight excluding hydrogens is 731 g/mol. The van der Waals surface area contributed by atoms with E-state index in [1.165, 1.54) is 44.2 Å². The van der Waals surface area contributed by atoms with E-state index >= 15 is 0 Å². The Kier molecular flexibility index (Phi) is 7.54. The average molecular weight is 768 g/mol. The second-order valence-corrected chi connectivity index (χ2v) is 16.4. The molecule has 60 heavy (non-hydrogen) atoms. The second kappa shape index (κ2) is 13.2. The first-order valence-corrected chi connectivity index (χ1v) is 20.5. The maximum absolute atomic E-state index is 6.38. The average Bonchev–Trinajstić information content (AvgIpc) is 3.79. The summed E-state index contributed by atoms with van der Waals surface area (Å²) < 4.78 is 6.38. The summed E-state index contributed by atoms with van der Waals surface area (Å²) in [4.78, 5) is 16.1. The summed E-state index contributed by atoms with van der Waals surface area (Å²) in [5.74, 6) is 1.85. The number of nitrogens with zero attached hydrogens (tertiary/aromatic N) is 3. The van der Waals surface area contributed by atoms with Crippen molar-refractivity contribution in [2.45, 2.75) is 19.3 Å². The Labute approximate surface area is 347 Å². The number of benzene rings is 9. The van der Waals surface area contributed by atoms with Crippen LogP contribution in [0.3, 0.4) is 0 Å². The molecule has 0 spiro atoms. The summed E-state index contributed by atoms with van der Waals surface area (Å²) in [6, 6.07) is 66.7. The largest absolute Gasteiger partial charge is 0.456 e. The molecule has 2 aromatic heterocycles. The lowest BCUT2D eigenvalue weighted by Gasteiger charge is -2.22. The summed E-state index contributed by atoms with van der Waals surface area (Å²) in [5.41, 5.74) is 13.9. The van der Waals surface area contributed by atoms with Crippen molar-refractivity contribution in [1.29, 1.82) is 0 Å². The minimum atomic E-state index is -0.201. The molecule has 0 bridgehead atoms. The van der Waals surface area contributed by atoms with Gasteiger partial charge >= 0.3 is 0 Å². The van der Waals surface area contributed by atoms with E-state index < -0.39 is 0 Å². The topological polar surface area (TPSA) is 51.8 Å². The summed E-state index contributed by atoms with van der Waals surface area (Å²) >= 11 is 0. The van der Waals surface area contributed by atoms with Crippen molar-refractivity contribution in [1.82, 2.24) is 15.0 Å². The van der Waals surface area contributed by atoms with E-state index in [2.05, 4.69) is 184 Å². The third-order valence-electron chi connectivity index (χ3n) is 12.5. The van der Waals surface area contributed by atoms with Crippen molar-refractivity contribution < 1.29 is 4.42 Å². The Balaban J connectivity index is 1.06. The minimum Gasteiger partial charge on any atom is -0.456 e. The van der Waals surface area contributed by atoms with Crippen molar-refractivity contribution in [2.75, 3.05) is 0 Å². The normalized spacial score (nSPS) is 13.0. The highest BCUT2D eigenvalue weighted by Crippen LogP contribution is 2.54. The van der Waals surface area contributed by atoms with Gasteiger partial charge in [0.05, 0.1) is 0 Å². The predicted octanol–water partition coefficient (Wildman–Crippen LogP) is 14.7. The van der Waals surface area contributed by atoms with Gasteiger partial charge in [-0.1, -0.05) is 159 Å². The van der Waals surface area contributed by atoms with Crippen molar-refractivity contribution in [3.8, 4) is 67.5 Å². The molecule has 0 saturated carbocycles. The van der Waals surface area contributed by atoms with E-state index in [0.29, 0.717) is 17.5 Å². The molecule has 0 radical (unpaired) electrons. The molecule has 4 heteroatoms. The highest BCUT2D eigenvalue weighted by Gasteiger charge is 2.38. The van der Waals surface area contributed by atoms with E-state index in [-0.39, 0.29) is 5.41 Å². The number of hydrogen-bond acceptors (Lipinski definition) is 4. The van der Waals surface area contributed by atoms with Crippen LogP contribution in [0.2, 0.25) is 0 Å². The van der Waals surface area contributed by atoms with Gasteiger partial charge in [0.15, 0.2) is 17.5 Å². The van der Waals surface area contributed by atoms with Gasteiger partial charge < -0.3 is 4.42 Å². The van der Waals surface area contributed by atoms with Gasteiger partial charge in [0.25, 0.3) is 0 Å². The predicted molar refractivity (Wildman–Crippen MR) is 247 cm³/mol. The lowest BCUT2D eigenvalue weighted by atomic mass is 9.81. The lowest BCUT2D eigenvalue weighted by molar-refractivity contribution is 0.661. The maximum Gasteiger partial charge on any atom is 0.165 e. The Morgan fingerprint density at radius 2 is 0.933 bits per heavy atom. The summed E-state index contributed by atoms with van der Waals surface area (Å²) in [6.07, 6.45) is 0. The fourth-order valence-corrected chi connectivity index (χ4v) is 9.43. The minimum absolute atomic E-state index is 0.201. The summed E-state index contributed by atoms with van der Waals surface area (Å²) in [5, 5.41) is 6.82. The number of fused-ring (bicyclic) bond motifs is 8. The molecule has 2 heterocycles. The van der Waals surface area contributed by atoms with Crippen LogP contribution in [0, 0.1) is 0 Å². The number of hydrogen-bond donors (Lipinski definition) is 0. The molecule has 0 amide bonds. The Morgan fingerprint density at radius 1 is 0.350 bits per heavy atom. The van der Waals surface area contributed by atoms with Crippen LogP contribution in [0.4, 0.5) is 0 Å². The first-order chi connectivity index (χ1) is 29.5. The third-order valence-corrected chi connectivity index (χ3v) is 12.5. The van der Waals surface area contributed by atoms with Crippen molar-refractivity contribution >= 4 is 43.5 Å². The fourth-order valence-electron chi connectivity index (χ4n) is 9.43. The van der Waals surface area contributed by atoms with Gasteiger partial charge in [0.2, 0.25) is 0 Å². The third kappa shape index (κ3) is 5.41. The SMILES string of the molecule is CC1(C)c2ccccc2-c2c1cc1ccccc1c2-c1nc(-c2cccc(-c3ccc4cc(-c5ccccc5)ccc4c3)c2)nc(-c2ccc3c(c2)oc2ccccc23)n1. The zero-order valence-corrected chi connectivity index (χ0v) is 33.1. The van der Waals surface area contributed by atoms with Crippen molar-refractivity contribution in [3.63, 3.8) is 0 Å². The molecule has 0 N–H and O–H groups in total. The first kappa shape index (κ1) is 34.4. The molecule has 1 aliphatic rings. The molecule has 0 fully saturated rings. The van der Waals surface area contributed by atoms with Crippen molar-refractivity contribution in [3.05, 3.63) is 199 Å². The molecule has 11 aromatic rings. The fraction of sp³-hybridized carbons (Fsp3) is 0.0536. The quantitative estimate of drug-likeness (QED) is 0.175. The van der Waals surface area contributed by atoms with Crippen LogP contribution < -0.4 is 0 Å². The Bertz CT molecular complexity index is 3530. The zero-order valence-electron chi connectivity index (χ0n) is 33.1. The molecule has 0 saturated heterocycles. The van der Waals surface area contributed by atoms with Crippen LogP contribution in [0.25, 0.3) is 111 Å². The summed E-state index contributed by atoms with van der Waals surface area (Å²) in [7, 11) is 0. The van der Waals surface area contributed by atoms with Gasteiger partial charge in [-0.2, -0.15) is 0 Å². The number of para-hydroxylation sites is 1. The monoisotopic (exact) mass is 767 g/mol. The van der Waals surface area contributed by atoms with Gasteiger partial charge in [-0.3, -0.25) is 0 Å². The van der Waals surface area contributed by atoms with Crippen LogP contribution in [0.15, 0.2) is 192 Å². The lowest BCUT2D eigenvalue weighted by Crippen LogP contribution is -2.15. The molecule has 12 rings (SSSR count). The van der Waals surface area contributed by atoms with Crippen LogP contribution in [-0.4, -0.2) is 15.0 Å². The highest BCUT2D eigenvalue weighted by atomic mass is 16.3. The highest BCUT2D eigenvalue weighted by molar-refractivity contribution is 6.08. The van der Waals surface area contributed by atoms with Crippen LogP contribution >= 0.6 is 0 Å².